The van der Waals surface area contributed by atoms with Gasteiger partial charge in [0.25, 0.3) is 0 Å². The highest BCUT2D eigenvalue weighted by Gasteiger charge is 2.28. The Bertz CT molecular complexity index is 985. The zero-order valence-electron chi connectivity index (χ0n) is 18.4. The molecular weight excluding hydrogens is 384 g/mol. The van der Waals surface area contributed by atoms with Crippen LogP contribution in [-0.2, 0) is 5.79 Å². The Kier molecular flexibility index (Phi) is 6.39. The van der Waals surface area contributed by atoms with E-state index in [0.29, 0.717) is 0 Å². The Morgan fingerprint density at radius 1 is 1.10 bits per heavy atom. The molecule has 6 nitrogen and oxygen atoms in total. The molecule has 2 aliphatic heterocycles. The number of nitrogens with zero attached hydrogens (tertiary/aromatic N) is 3. The molecule has 0 amide bonds. The second kappa shape index (κ2) is 9.37. The monoisotopic (exact) mass is 416 g/mol. The fourth-order valence-electron chi connectivity index (χ4n) is 3.89. The van der Waals surface area contributed by atoms with E-state index in [9.17, 15) is 0 Å². The standard InChI is InChI=1S/C25H32N6/c1-30(2)23-11-6-9-21(19-23)20-8-5-10-22(18-20)25(26)28-14-12-24(29-25)27-13-7-17-31-15-3-4-16-31/h3-6,8-12,14,18-19,27,29H,7,13,15-17,26H2,1-2H3. The molecule has 0 spiro atoms. The first kappa shape index (κ1) is 21.2. The normalized spacial score (nSPS) is 20.4. The molecule has 0 saturated carbocycles. The Morgan fingerprint density at radius 2 is 1.84 bits per heavy atom. The molecule has 0 bridgehead atoms. The molecule has 0 saturated heterocycles. The van der Waals surface area contributed by atoms with Crippen LogP contribution in [0, 0.1) is 0 Å². The molecular formula is C25H32N6. The summed E-state index contributed by atoms with van der Waals surface area (Å²) in [5.74, 6) is -0.0949. The molecule has 2 aromatic carbocycles. The second-order valence-electron chi connectivity index (χ2n) is 8.29. The van der Waals surface area contributed by atoms with E-state index in [2.05, 4.69) is 74.0 Å². The fourth-order valence-corrected chi connectivity index (χ4v) is 3.89. The minimum atomic E-state index is -0.995. The fraction of sp³-hybridized carbons (Fsp3) is 0.320. The summed E-state index contributed by atoms with van der Waals surface area (Å²) in [6, 6.07) is 16.8. The molecule has 0 fully saturated rings. The third kappa shape index (κ3) is 5.16. The lowest BCUT2D eigenvalue weighted by Crippen LogP contribution is -2.52. The molecule has 4 rings (SSSR count). The molecule has 6 heteroatoms. The molecule has 31 heavy (non-hydrogen) atoms. The number of hydrogen-bond acceptors (Lipinski definition) is 6. The van der Waals surface area contributed by atoms with Crippen molar-refractivity contribution < 1.29 is 0 Å². The maximum absolute atomic E-state index is 6.69. The van der Waals surface area contributed by atoms with Gasteiger partial charge in [0.15, 0.2) is 0 Å². The van der Waals surface area contributed by atoms with Crippen molar-refractivity contribution in [3.63, 3.8) is 0 Å². The Morgan fingerprint density at radius 3 is 2.61 bits per heavy atom. The van der Waals surface area contributed by atoms with E-state index in [4.69, 9.17) is 5.73 Å². The van der Waals surface area contributed by atoms with Crippen molar-refractivity contribution in [2.75, 3.05) is 45.2 Å². The van der Waals surface area contributed by atoms with Gasteiger partial charge in [-0.15, -0.1) is 0 Å². The molecule has 2 heterocycles. The third-order valence-corrected chi connectivity index (χ3v) is 5.70. The van der Waals surface area contributed by atoms with Crippen LogP contribution in [0.4, 0.5) is 5.69 Å². The zero-order valence-corrected chi connectivity index (χ0v) is 18.4. The largest absolute Gasteiger partial charge is 0.378 e. The van der Waals surface area contributed by atoms with Crippen LogP contribution < -0.4 is 21.3 Å². The number of benzene rings is 2. The third-order valence-electron chi connectivity index (χ3n) is 5.70. The van der Waals surface area contributed by atoms with E-state index >= 15 is 0 Å². The summed E-state index contributed by atoms with van der Waals surface area (Å²) in [6.45, 7) is 4.10. The zero-order chi connectivity index (χ0) is 21.7. The summed E-state index contributed by atoms with van der Waals surface area (Å²) in [5.41, 5.74) is 11.0. The van der Waals surface area contributed by atoms with Crippen molar-refractivity contribution in [2.45, 2.75) is 12.2 Å². The molecule has 0 aliphatic carbocycles. The first-order chi connectivity index (χ1) is 15.0. The molecule has 1 atom stereocenters. The number of aliphatic imine (C=N–C) groups is 1. The minimum Gasteiger partial charge on any atom is -0.378 e. The lowest BCUT2D eigenvalue weighted by Gasteiger charge is -2.32. The van der Waals surface area contributed by atoms with Crippen LogP contribution in [0.15, 0.2) is 77.6 Å². The smallest absolute Gasteiger partial charge is 0.210 e. The average Bonchev–Trinajstić information content (AvgIpc) is 3.31. The van der Waals surface area contributed by atoms with Gasteiger partial charge >= 0.3 is 0 Å². The van der Waals surface area contributed by atoms with Gasteiger partial charge in [-0.3, -0.25) is 10.6 Å². The lowest BCUT2D eigenvalue weighted by atomic mass is 9.99. The van der Waals surface area contributed by atoms with Gasteiger partial charge in [-0.2, -0.15) is 0 Å². The van der Waals surface area contributed by atoms with E-state index in [1.54, 1.807) is 6.21 Å². The van der Waals surface area contributed by atoms with Gasteiger partial charge in [-0.1, -0.05) is 42.5 Å². The number of rotatable bonds is 8. The number of allylic oxidation sites excluding steroid dienone is 1. The van der Waals surface area contributed by atoms with Crippen LogP contribution in [0.3, 0.4) is 0 Å². The van der Waals surface area contributed by atoms with Crippen molar-refractivity contribution in [3.8, 4) is 11.1 Å². The van der Waals surface area contributed by atoms with Gasteiger partial charge < -0.3 is 15.5 Å². The van der Waals surface area contributed by atoms with E-state index in [0.717, 1.165) is 55.1 Å². The molecule has 0 radical (unpaired) electrons. The van der Waals surface area contributed by atoms with Gasteiger partial charge in [-0.25, -0.2) is 4.99 Å². The highest BCUT2D eigenvalue weighted by molar-refractivity contribution is 5.74. The second-order valence-corrected chi connectivity index (χ2v) is 8.29. The molecule has 1 unspecified atom stereocenters. The predicted molar refractivity (Wildman–Crippen MR) is 130 cm³/mol. The van der Waals surface area contributed by atoms with Crippen molar-refractivity contribution in [2.24, 2.45) is 10.7 Å². The highest BCUT2D eigenvalue weighted by Crippen LogP contribution is 2.28. The van der Waals surface area contributed by atoms with Crippen LogP contribution in [0.25, 0.3) is 11.1 Å². The van der Waals surface area contributed by atoms with Gasteiger partial charge in [-0.05, 0) is 41.8 Å². The summed E-state index contributed by atoms with van der Waals surface area (Å²) in [5, 5.41) is 6.84. The first-order valence-corrected chi connectivity index (χ1v) is 10.9. The number of nitrogens with two attached hydrogens (primary N) is 1. The maximum atomic E-state index is 6.69. The number of nitrogens with one attached hydrogen (secondary N) is 2. The van der Waals surface area contributed by atoms with E-state index in [1.165, 1.54) is 5.69 Å². The molecule has 0 aromatic heterocycles. The van der Waals surface area contributed by atoms with Crippen molar-refractivity contribution in [1.29, 1.82) is 0 Å². The first-order valence-electron chi connectivity index (χ1n) is 10.9. The quantitative estimate of drug-likeness (QED) is 0.456. The van der Waals surface area contributed by atoms with Crippen molar-refractivity contribution >= 4 is 11.9 Å². The van der Waals surface area contributed by atoms with Gasteiger partial charge in [0.1, 0.15) is 5.82 Å². The Labute approximate surface area is 185 Å². The van der Waals surface area contributed by atoms with Crippen LogP contribution in [0.1, 0.15) is 12.0 Å². The summed E-state index contributed by atoms with van der Waals surface area (Å²) >= 11 is 0. The highest BCUT2D eigenvalue weighted by atomic mass is 15.3. The summed E-state index contributed by atoms with van der Waals surface area (Å²) in [6.07, 6.45) is 9.24. The predicted octanol–water partition coefficient (Wildman–Crippen LogP) is 2.86. The average molecular weight is 417 g/mol. The summed E-state index contributed by atoms with van der Waals surface area (Å²) in [7, 11) is 4.10. The van der Waals surface area contributed by atoms with Crippen LogP contribution in [-0.4, -0.2) is 51.4 Å². The van der Waals surface area contributed by atoms with Crippen molar-refractivity contribution in [1.82, 2.24) is 15.5 Å². The molecule has 2 aromatic rings. The van der Waals surface area contributed by atoms with Crippen LogP contribution in [0.5, 0.6) is 0 Å². The molecule has 162 valence electrons. The van der Waals surface area contributed by atoms with Crippen LogP contribution in [0.2, 0.25) is 0 Å². The van der Waals surface area contributed by atoms with E-state index < -0.39 is 5.79 Å². The van der Waals surface area contributed by atoms with Crippen molar-refractivity contribution in [3.05, 3.63) is 78.1 Å². The molecule has 2 aliphatic rings. The number of anilines is 1. The summed E-state index contributed by atoms with van der Waals surface area (Å²) in [4.78, 5) is 9.09. The SMILES string of the molecule is CN(C)c1cccc(-c2cccc(C3(N)N=CC=C(NCCCN4CC=CC4)N3)c2)c1. The Hall–Kier alpha value is -3.09. The van der Waals surface area contributed by atoms with Gasteiger partial charge in [0.2, 0.25) is 5.79 Å². The molecule has 4 N–H and O–H groups in total. The van der Waals surface area contributed by atoms with Gasteiger partial charge in [0, 0.05) is 57.7 Å². The topological polar surface area (TPSA) is 68.9 Å². The summed E-state index contributed by atoms with van der Waals surface area (Å²) < 4.78 is 0. The minimum absolute atomic E-state index is 0.886. The lowest BCUT2D eigenvalue weighted by molar-refractivity contribution is 0.340. The van der Waals surface area contributed by atoms with Gasteiger partial charge in [0.05, 0.1) is 0 Å². The van der Waals surface area contributed by atoms with Crippen LogP contribution >= 0.6 is 0 Å². The van der Waals surface area contributed by atoms with E-state index in [-0.39, 0.29) is 0 Å². The Balaban J connectivity index is 1.42. The number of hydrogen-bond donors (Lipinski definition) is 3. The van der Waals surface area contributed by atoms with E-state index in [1.807, 2.05) is 32.3 Å². The maximum Gasteiger partial charge on any atom is 0.210 e.